The van der Waals surface area contributed by atoms with Crippen LogP contribution in [0, 0.1) is 17.2 Å². The average molecular weight is 488 g/mol. The predicted molar refractivity (Wildman–Crippen MR) is 122 cm³/mol. The molecule has 0 unspecified atom stereocenters. The molecule has 0 radical (unpaired) electrons. The van der Waals surface area contributed by atoms with Crippen LogP contribution in [0.4, 0.5) is 4.79 Å². The number of hydrogen-bond donors (Lipinski definition) is 1. The Kier molecular flexibility index (Phi) is 6.64. The molecule has 4 amide bonds. The van der Waals surface area contributed by atoms with Gasteiger partial charge in [-0.1, -0.05) is 25.5 Å². The molecule has 3 aliphatic rings. The third kappa shape index (κ3) is 4.28. The fourth-order valence-corrected chi connectivity index (χ4v) is 6.64. The second-order valence-electron chi connectivity index (χ2n) is 9.15. The Bertz CT molecular complexity index is 1130. The highest BCUT2D eigenvalue weighted by atomic mass is 32.2. The van der Waals surface area contributed by atoms with E-state index >= 15 is 0 Å². The van der Waals surface area contributed by atoms with Crippen molar-refractivity contribution in [2.24, 2.45) is 5.92 Å². The third-order valence-corrected chi connectivity index (χ3v) is 9.25. The highest BCUT2D eigenvalue weighted by Gasteiger charge is 2.52. The third-order valence-electron chi connectivity index (χ3n) is 7.29. The summed E-state index contributed by atoms with van der Waals surface area (Å²) in [7, 11) is -3.88. The number of urea groups is 1. The first-order valence-corrected chi connectivity index (χ1v) is 13.1. The van der Waals surface area contributed by atoms with Crippen LogP contribution in [-0.2, 0) is 19.6 Å². The number of nitriles is 1. The quantitative estimate of drug-likeness (QED) is 0.623. The van der Waals surface area contributed by atoms with Crippen LogP contribution in [0.15, 0.2) is 29.2 Å². The van der Waals surface area contributed by atoms with E-state index in [1.807, 2.05) is 6.07 Å². The molecule has 0 atom stereocenters. The molecule has 1 aromatic carbocycles. The van der Waals surface area contributed by atoms with Crippen molar-refractivity contribution in [1.82, 2.24) is 19.4 Å². The monoisotopic (exact) mass is 487 g/mol. The van der Waals surface area contributed by atoms with Gasteiger partial charge in [-0.05, 0) is 43.7 Å². The fourth-order valence-electron chi connectivity index (χ4n) is 5.07. The van der Waals surface area contributed by atoms with E-state index < -0.39 is 27.5 Å². The van der Waals surface area contributed by atoms with Crippen LogP contribution in [0.5, 0.6) is 0 Å². The molecule has 0 aromatic heterocycles. The molecule has 1 spiro atoms. The molecule has 1 aliphatic carbocycles. The van der Waals surface area contributed by atoms with Crippen LogP contribution in [0.1, 0.15) is 44.6 Å². The molecule has 2 saturated heterocycles. The lowest BCUT2D eigenvalue weighted by Crippen LogP contribution is -2.53. The van der Waals surface area contributed by atoms with E-state index in [9.17, 15) is 28.1 Å². The van der Waals surface area contributed by atoms with E-state index in [4.69, 9.17) is 0 Å². The summed E-state index contributed by atoms with van der Waals surface area (Å²) >= 11 is 0. The Morgan fingerprint density at radius 1 is 1.15 bits per heavy atom. The number of benzene rings is 1. The summed E-state index contributed by atoms with van der Waals surface area (Å²) in [5.41, 5.74) is -0.828. The van der Waals surface area contributed by atoms with Crippen molar-refractivity contribution in [3.8, 4) is 6.07 Å². The van der Waals surface area contributed by atoms with E-state index in [0.29, 0.717) is 18.8 Å². The zero-order chi connectivity index (χ0) is 24.5. The summed E-state index contributed by atoms with van der Waals surface area (Å²) in [5.74, 6) is -0.175. The summed E-state index contributed by atoms with van der Waals surface area (Å²) in [6, 6.07) is 7.37. The summed E-state index contributed by atoms with van der Waals surface area (Å²) in [5, 5.41) is 12.1. The molecule has 1 N–H and O–H groups in total. The minimum Gasteiger partial charge on any atom is -0.338 e. The van der Waals surface area contributed by atoms with Gasteiger partial charge in [-0.3, -0.25) is 14.5 Å². The van der Waals surface area contributed by atoms with Gasteiger partial charge in [-0.25, -0.2) is 13.2 Å². The van der Waals surface area contributed by atoms with E-state index in [1.54, 1.807) is 12.1 Å². The molecule has 0 bridgehead atoms. The molecule has 2 heterocycles. The smallest absolute Gasteiger partial charge is 0.325 e. The van der Waals surface area contributed by atoms with Crippen LogP contribution in [0.3, 0.4) is 0 Å². The van der Waals surface area contributed by atoms with Crippen molar-refractivity contribution in [1.29, 1.82) is 5.26 Å². The molecule has 34 heavy (non-hydrogen) atoms. The number of sulfonamides is 1. The van der Waals surface area contributed by atoms with Crippen molar-refractivity contribution in [3.63, 3.8) is 0 Å². The lowest BCUT2D eigenvalue weighted by Gasteiger charge is -2.35. The predicted octanol–water partition coefficient (Wildman–Crippen LogP) is 1.28. The number of carbonyl (C=O) groups excluding carboxylic acids is 3. The zero-order valence-electron chi connectivity index (χ0n) is 19.2. The van der Waals surface area contributed by atoms with Gasteiger partial charge in [-0.2, -0.15) is 9.57 Å². The first-order valence-electron chi connectivity index (χ1n) is 11.6. The Balaban J connectivity index is 1.37. The highest BCUT2D eigenvalue weighted by Crippen LogP contribution is 2.37. The van der Waals surface area contributed by atoms with Crippen molar-refractivity contribution >= 4 is 27.9 Å². The SMILES string of the molecule is CCC1CCC2(CC1)NC(=O)N(CC(=O)N1CCN(S(=O)(=O)c3ccccc3C#N)CC1)C2=O. The van der Waals surface area contributed by atoms with Crippen molar-refractivity contribution in [2.75, 3.05) is 32.7 Å². The second-order valence-corrected chi connectivity index (χ2v) is 11.1. The van der Waals surface area contributed by atoms with Gasteiger partial charge in [0.25, 0.3) is 5.91 Å². The summed E-state index contributed by atoms with van der Waals surface area (Å²) in [6.07, 6.45) is 3.96. The van der Waals surface area contributed by atoms with Crippen LogP contribution < -0.4 is 5.32 Å². The maximum Gasteiger partial charge on any atom is 0.325 e. The minimum absolute atomic E-state index is 0.0558. The molecule has 182 valence electrons. The first kappa shape index (κ1) is 24.2. The maximum absolute atomic E-state index is 13.1. The lowest BCUT2D eigenvalue weighted by atomic mass is 9.75. The minimum atomic E-state index is -3.88. The Morgan fingerprint density at radius 2 is 1.79 bits per heavy atom. The summed E-state index contributed by atoms with van der Waals surface area (Å²) < 4.78 is 27.2. The normalized spacial score (nSPS) is 25.9. The molecule has 1 aromatic rings. The van der Waals surface area contributed by atoms with E-state index in [2.05, 4.69) is 12.2 Å². The number of hydrogen-bond acceptors (Lipinski definition) is 6. The van der Waals surface area contributed by atoms with Crippen LogP contribution in [0.2, 0.25) is 0 Å². The number of nitrogens with zero attached hydrogens (tertiary/aromatic N) is 4. The lowest BCUT2D eigenvalue weighted by molar-refractivity contribution is -0.140. The first-order chi connectivity index (χ1) is 16.2. The number of piperazine rings is 1. The van der Waals surface area contributed by atoms with Gasteiger partial charge in [0.15, 0.2) is 0 Å². The van der Waals surface area contributed by atoms with E-state index in [1.165, 1.54) is 21.3 Å². The topological polar surface area (TPSA) is 131 Å². The average Bonchev–Trinajstić information content (AvgIpc) is 3.08. The van der Waals surface area contributed by atoms with Crippen molar-refractivity contribution in [3.05, 3.63) is 29.8 Å². The molecule has 1 saturated carbocycles. The van der Waals surface area contributed by atoms with Crippen molar-refractivity contribution in [2.45, 2.75) is 49.5 Å². The number of rotatable bonds is 5. The van der Waals surface area contributed by atoms with Gasteiger partial charge in [0.2, 0.25) is 15.9 Å². The molecular formula is C23H29N5O5S. The van der Waals surface area contributed by atoms with Gasteiger partial charge < -0.3 is 10.2 Å². The van der Waals surface area contributed by atoms with Gasteiger partial charge >= 0.3 is 6.03 Å². The van der Waals surface area contributed by atoms with Crippen molar-refractivity contribution < 1.29 is 22.8 Å². The molecule has 4 rings (SSSR count). The largest absolute Gasteiger partial charge is 0.338 e. The maximum atomic E-state index is 13.1. The van der Waals surface area contributed by atoms with E-state index in [-0.39, 0.29) is 49.1 Å². The molecule has 3 fully saturated rings. The zero-order valence-corrected chi connectivity index (χ0v) is 20.0. The number of amides is 4. The summed E-state index contributed by atoms with van der Waals surface area (Å²) in [6.45, 7) is 2.18. The fraction of sp³-hybridized carbons (Fsp3) is 0.565. The standard InChI is InChI=1S/C23H29N5O5S/c1-2-17-7-9-23(10-8-17)21(30)28(22(31)25-23)16-20(29)26-11-13-27(14-12-26)34(32,33)19-6-4-3-5-18(19)15-24/h3-6,17H,2,7-14,16H2,1H3,(H,25,31). The van der Waals surface area contributed by atoms with Gasteiger partial charge in [0.1, 0.15) is 18.2 Å². The Morgan fingerprint density at radius 3 is 2.41 bits per heavy atom. The number of nitrogens with one attached hydrogen (secondary N) is 1. The highest BCUT2D eigenvalue weighted by molar-refractivity contribution is 7.89. The van der Waals surface area contributed by atoms with Crippen LogP contribution in [-0.4, -0.2) is 78.6 Å². The van der Waals surface area contributed by atoms with E-state index in [0.717, 1.165) is 24.2 Å². The van der Waals surface area contributed by atoms with Crippen LogP contribution >= 0.6 is 0 Å². The molecule has 10 nitrogen and oxygen atoms in total. The number of carbonyl (C=O) groups is 3. The summed E-state index contributed by atoms with van der Waals surface area (Å²) in [4.78, 5) is 40.9. The number of imide groups is 1. The Hall–Kier alpha value is -2.97. The van der Waals surface area contributed by atoms with Gasteiger partial charge in [0.05, 0.1) is 10.5 Å². The molecular weight excluding hydrogens is 458 g/mol. The van der Waals surface area contributed by atoms with Crippen LogP contribution in [0.25, 0.3) is 0 Å². The second kappa shape index (κ2) is 9.35. The van der Waals surface area contributed by atoms with Gasteiger partial charge in [0, 0.05) is 26.2 Å². The molecule has 2 aliphatic heterocycles. The van der Waals surface area contributed by atoms with Gasteiger partial charge in [-0.15, -0.1) is 0 Å². The Labute approximate surface area is 199 Å². The molecule has 11 heteroatoms.